The van der Waals surface area contributed by atoms with Crippen LogP contribution < -0.4 is 0 Å². The van der Waals surface area contributed by atoms with E-state index in [1.807, 2.05) is 6.92 Å². The highest BCUT2D eigenvalue weighted by Crippen LogP contribution is 2.39. The third-order valence-corrected chi connectivity index (χ3v) is 4.88. The lowest BCUT2D eigenvalue weighted by molar-refractivity contribution is -0.249. The van der Waals surface area contributed by atoms with Gasteiger partial charge in [0.15, 0.2) is 18.3 Å². The zero-order valence-electron chi connectivity index (χ0n) is 16.7. The summed E-state index contributed by atoms with van der Waals surface area (Å²) in [7, 11) is 0. The minimum atomic E-state index is -1.07. The van der Waals surface area contributed by atoms with Crippen molar-refractivity contribution in [3.8, 4) is 0 Å². The molecule has 0 bridgehead atoms. The zero-order chi connectivity index (χ0) is 21.7. The van der Waals surface area contributed by atoms with Crippen LogP contribution in [0.25, 0.3) is 0 Å². The van der Waals surface area contributed by atoms with E-state index >= 15 is 0 Å². The summed E-state index contributed by atoms with van der Waals surface area (Å²) in [5.74, 6) is -1.82. The third-order valence-electron chi connectivity index (χ3n) is 4.51. The first-order valence-electron chi connectivity index (χ1n) is 9.24. The topological polar surface area (TPSA) is 108 Å². The van der Waals surface area contributed by atoms with E-state index in [-0.39, 0.29) is 6.61 Å². The van der Waals surface area contributed by atoms with Crippen LogP contribution >= 0.6 is 11.6 Å². The highest BCUT2D eigenvalue weighted by Gasteiger charge is 2.51. The van der Waals surface area contributed by atoms with E-state index in [4.69, 9.17) is 30.5 Å². The standard InChI is InChI=1S/C20H25ClO8/c1-5-16-18(26-10(2)23)20(28-12(4)25)19(27-11(3)24)17(29-16)13-6-7-15(21)14(8-13)9-22/h6-8,16-20,22H,5,9H2,1-4H3/t16-,17+,18-,19+,20+/m1/s1. The Kier molecular flexibility index (Phi) is 8.01. The van der Waals surface area contributed by atoms with Crippen LogP contribution in [0.1, 0.15) is 51.3 Å². The molecule has 1 aromatic carbocycles. The molecule has 1 aromatic rings. The predicted molar refractivity (Wildman–Crippen MR) is 102 cm³/mol. The van der Waals surface area contributed by atoms with Gasteiger partial charge in [-0.2, -0.15) is 0 Å². The van der Waals surface area contributed by atoms with Gasteiger partial charge in [-0.15, -0.1) is 0 Å². The van der Waals surface area contributed by atoms with Crippen molar-refractivity contribution in [3.63, 3.8) is 0 Å². The number of hydrogen-bond acceptors (Lipinski definition) is 8. The average molecular weight is 429 g/mol. The Balaban J connectivity index is 2.54. The number of halogens is 1. The lowest BCUT2D eigenvalue weighted by Crippen LogP contribution is -2.58. The molecular formula is C20H25ClO8. The smallest absolute Gasteiger partial charge is 0.303 e. The first kappa shape index (κ1) is 23.1. The van der Waals surface area contributed by atoms with Gasteiger partial charge < -0.3 is 24.1 Å². The molecular weight excluding hydrogens is 404 g/mol. The number of hydrogen-bond donors (Lipinski definition) is 1. The Morgan fingerprint density at radius 3 is 2.07 bits per heavy atom. The predicted octanol–water partition coefficient (Wildman–Crippen LogP) is 2.48. The summed E-state index contributed by atoms with van der Waals surface area (Å²) in [6.07, 6.45) is -4.10. The summed E-state index contributed by atoms with van der Waals surface area (Å²) < 4.78 is 22.4. The molecule has 1 saturated heterocycles. The molecule has 0 spiro atoms. The number of rotatable bonds is 6. The summed E-state index contributed by atoms with van der Waals surface area (Å²) >= 11 is 6.08. The van der Waals surface area contributed by atoms with Crippen LogP contribution in [0.5, 0.6) is 0 Å². The maximum atomic E-state index is 11.8. The van der Waals surface area contributed by atoms with Gasteiger partial charge in [0.2, 0.25) is 0 Å². The second kappa shape index (κ2) is 10.0. The first-order valence-corrected chi connectivity index (χ1v) is 9.62. The van der Waals surface area contributed by atoms with Crippen LogP contribution in [-0.4, -0.2) is 47.4 Å². The lowest BCUT2D eigenvalue weighted by atomic mass is 9.89. The normalized spacial score (nSPS) is 26.5. The number of aliphatic hydroxyl groups excluding tert-OH is 1. The number of aliphatic hydroxyl groups is 1. The molecule has 1 aliphatic heterocycles. The molecule has 0 radical (unpaired) electrons. The zero-order valence-corrected chi connectivity index (χ0v) is 17.5. The van der Waals surface area contributed by atoms with E-state index in [2.05, 4.69) is 0 Å². The maximum Gasteiger partial charge on any atom is 0.303 e. The quantitative estimate of drug-likeness (QED) is 0.543. The van der Waals surface area contributed by atoms with Crippen molar-refractivity contribution >= 4 is 29.5 Å². The first-order chi connectivity index (χ1) is 13.7. The summed E-state index contributed by atoms with van der Waals surface area (Å²) in [4.78, 5) is 35.2. The van der Waals surface area contributed by atoms with Crippen molar-refractivity contribution in [2.45, 2.75) is 71.2 Å². The van der Waals surface area contributed by atoms with Gasteiger partial charge in [-0.3, -0.25) is 14.4 Å². The Labute approximate surface area is 174 Å². The fraction of sp³-hybridized carbons (Fsp3) is 0.550. The van der Waals surface area contributed by atoms with E-state index in [0.717, 1.165) is 0 Å². The molecule has 0 aromatic heterocycles. The molecule has 2 rings (SSSR count). The van der Waals surface area contributed by atoms with Crippen LogP contribution in [0.15, 0.2) is 18.2 Å². The summed E-state index contributed by atoms with van der Waals surface area (Å²) in [6, 6.07) is 4.90. The molecule has 1 aliphatic rings. The van der Waals surface area contributed by atoms with Crippen LogP contribution in [0, 0.1) is 0 Å². The highest BCUT2D eigenvalue weighted by atomic mass is 35.5. The number of benzene rings is 1. The molecule has 8 nitrogen and oxygen atoms in total. The SMILES string of the molecule is CC[C@H]1O[C@@H](c2ccc(Cl)c(CO)c2)[C@H](OC(C)=O)[C@@H](OC(C)=O)[C@@H]1OC(C)=O. The number of esters is 3. The molecule has 1 fully saturated rings. The third kappa shape index (κ3) is 5.68. The van der Waals surface area contributed by atoms with Crippen molar-refractivity contribution in [3.05, 3.63) is 34.3 Å². The van der Waals surface area contributed by atoms with Gasteiger partial charge in [0.05, 0.1) is 12.7 Å². The van der Waals surface area contributed by atoms with Crippen LogP contribution in [0.4, 0.5) is 0 Å². The van der Waals surface area contributed by atoms with Crippen molar-refractivity contribution in [2.75, 3.05) is 0 Å². The van der Waals surface area contributed by atoms with Crippen molar-refractivity contribution in [1.82, 2.24) is 0 Å². The van der Waals surface area contributed by atoms with Gasteiger partial charge in [0.25, 0.3) is 0 Å². The second-order valence-electron chi connectivity index (χ2n) is 6.73. The molecule has 29 heavy (non-hydrogen) atoms. The molecule has 160 valence electrons. The van der Waals surface area contributed by atoms with E-state index in [0.29, 0.717) is 22.6 Å². The fourth-order valence-electron chi connectivity index (χ4n) is 3.38. The van der Waals surface area contributed by atoms with Crippen LogP contribution in [0.3, 0.4) is 0 Å². The molecule has 0 saturated carbocycles. The molecule has 0 unspecified atom stereocenters. The van der Waals surface area contributed by atoms with E-state index < -0.39 is 48.4 Å². The average Bonchev–Trinajstić information content (AvgIpc) is 2.64. The number of carbonyl (C=O) groups is 3. The maximum absolute atomic E-state index is 11.8. The Hall–Kier alpha value is -2.16. The minimum absolute atomic E-state index is 0.293. The van der Waals surface area contributed by atoms with Crippen LogP contribution in [0.2, 0.25) is 5.02 Å². The van der Waals surface area contributed by atoms with Gasteiger partial charge in [0, 0.05) is 25.8 Å². The van der Waals surface area contributed by atoms with E-state index in [1.54, 1.807) is 18.2 Å². The molecule has 9 heteroatoms. The lowest BCUT2D eigenvalue weighted by Gasteiger charge is -2.44. The van der Waals surface area contributed by atoms with Gasteiger partial charge >= 0.3 is 17.9 Å². The van der Waals surface area contributed by atoms with Crippen molar-refractivity contribution in [1.29, 1.82) is 0 Å². The molecule has 1 heterocycles. The minimum Gasteiger partial charge on any atom is -0.456 e. The Bertz CT molecular complexity index is 765. The summed E-state index contributed by atoms with van der Waals surface area (Å²) in [6.45, 7) is 5.20. The van der Waals surface area contributed by atoms with Crippen molar-refractivity contribution < 1.29 is 38.4 Å². The van der Waals surface area contributed by atoms with Gasteiger partial charge in [-0.1, -0.05) is 24.6 Å². The molecule has 1 N–H and O–H groups in total. The Morgan fingerprint density at radius 1 is 1.00 bits per heavy atom. The fourth-order valence-corrected chi connectivity index (χ4v) is 3.56. The molecule has 0 amide bonds. The van der Waals surface area contributed by atoms with E-state index in [9.17, 15) is 19.5 Å². The highest BCUT2D eigenvalue weighted by molar-refractivity contribution is 6.31. The molecule has 0 aliphatic carbocycles. The second-order valence-corrected chi connectivity index (χ2v) is 7.14. The Morgan fingerprint density at radius 2 is 1.55 bits per heavy atom. The number of carbonyl (C=O) groups excluding carboxylic acids is 3. The summed E-state index contributed by atoms with van der Waals surface area (Å²) in [5, 5.41) is 9.90. The van der Waals surface area contributed by atoms with Crippen LogP contribution in [-0.2, 0) is 39.9 Å². The van der Waals surface area contributed by atoms with Crippen molar-refractivity contribution in [2.24, 2.45) is 0 Å². The summed E-state index contributed by atoms with van der Waals surface area (Å²) in [5.41, 5.74) is 1.04. The number of ether oxygens (including phenoxy) is 4. The van der Waals surface area contributed by atoms with E-state index in [1.165, 1.54) is 20.8 Å². The van der Waals surface area contributed by atoms with Gasteiger partial charge in [-0.05, 0) is 29.7 Å². The van der Waals surface area contributed by atoms with Gasteiger partial charge in [0.1, 0.15) is 6.10 Å². The monoisotopic (exact) mass is 428 g/mol. The van der Waals surface area contributed by atoms with Gasteiger partial charge in [-0.25, -0.2) is 0 Å². The molecule has 5 atom stereocenters. The largest absolute Gasteiger partial charge is 0.456 e.